The smallest absolute Gasteiger partial charge is 0.231 e. The quantitative estimate of drug-likeness (QED) is 0.799. The molecule has 3 rings (SSSR count). The molecule has 0 bridgehead atoms. The van der Waals surface area contributed by atoms with Crippen molar-refractivity contribution in [3.8, 4) is 5.69 Å². The highest BCUT2D eigenvalue weighted by Gasteiger charge is 2.26. The van der Waals surface area contributed by atoms with Gasteiger partial charge in [0.05, 0.1) is 24.3 Å². The number of rotatable bonds is 6. The van der Waals surface area contributed by atoms with Crippen molar-refractivity contribution < 1.29 is 14.0 Å². The van der Waals surface area contributed by atoms with E-state index in [2.05, 4.69) is 10.4 Å². The monoisotopic (exact) mass is 359 g/mol. The first kappa shape index (κ1) is 18.1. The molecule has 1 atom stereocenters. The third-order valence-corrected chi connectivity index (χ3v) is 4.43. The molecule has 0 aliphatic carbocycles. The van der Waals surface area contributed by atoms with Crippen molar-refractivity contribution in [2.24, 2.45) is 11.7 Å². The maximum atomic E-state index is 13.3. The predicted molar refractivity (Wildman–Crippen MR) is 93.7 cm³/mol. The fourth-order valence-corrected chi connectivity index (χ4v) is 3.18. The van der Waals surface area contributed by atoms with E-state index in [0.717, 1.165) is 24.9 Å². The van der Waals surface area contributed by atoms with Gasteiger partial charge in [0, 0.05) is 24.8 Å². The summed E-state index contributed by atoms with van der Waals surface area (Å²) >= 11 is 0. The Hall–Kier alpha value is -2.74. The molecule has 2 heterocycles. The van der Waals surface area contributed by atoms with Crippen LogP contribution in [0.15, 0.2) is 36.7 Å². The van der Waals surface area contributed by atoms with Crippen molar-refractivity contribution in [2.75, 3.05) is 19.6 Å². The molecule has 26 heavy (non-hydrogen) atoms. The molecule has 1 aliphatic rings. The van der Waals surface area contributed by atoms with E-state index in [1.54, 1.807) is 29.2 Å². The van der Waals surface area contributed by atoms with Gasteiger partial charge in [0.25, 0.3) is 0 Å². The minimum atomic E-state index is -0.379. The van der Waals surface area contributed by atoms with Gasteiger partial charge in [-0.3, -0.25) is 14.5 Å². The normalized spacial score (nSPS) is 17.8. The molecule has 3 N–H and O–H groups in total. The fourth-order valence-electron chi connectivity index (χ4n) is 3.18. The first-order valence-corrected chi connectivity index (χ1v) is 8.59. The lowest BCUT2D eigenvalue weighted by Crippen LogP contribution is -2.45. The second kappa shape index (κ2) is 8.09. The molecule has 0 saturated carbocycles. The zero-order chi connectivity index (χ0) is 18.5. The molecule has 0 unspecified atom stereocenters. The minimum Gasteiger partial charge on any atom is -0.369 e. The van der Waals surface area contributed by atoms with Crippen LogP contribution in [-0.4, -0.2) is 46.1 Å². The number of carbonyl (C=O) groups is 2. The lowest BCUT2D eigenvalue weighted by molar-refractivity contribution is -0.128. The van der Waals surface area contributed by atoms with Crippen LogP contribution in [0.2, 0.25) is 0 Å². The number of likely N-dealkylation sites (tertiary alicyclic amines) is 1. The van der Waals surface area contributed by atoms with E-state index in [-0.39, 0.29) is 30.1 Å². The molecule has 2 amide bonds. The van der Waals surface area contributed by atoms with Crippen LogP contribution in [-0.2, 0) is 16.1 Å². The van der Waals surface area contributed by atoms with E-state index >= 15 is 0 Å². The first-order chi connectivity index (χ1) is 12.5. The van der Waals surface area contributed by atoms with Gasteiger partial charge < -0.3 is 11.1 Å². The number of hydrogen-bond donors (Lipinski definition) is 2. The average Bonchev–Trinajstić information content (AvgIpc) is 3.08. The van der Waals surface area contributed by atoms with Gasteiger partial charge in [-0.2, -0.15) is 5.10 Å². The number of primary amides is 1. The molecule has 1 aliphatic heterocycles. The second-order valence-corrected chi connectivity index (χ2v) is 6.53. The number of aromatic nitrogens is 2. The highest BCUT2D eigenvalue weighted by atomic mass is 19.1. The zero-order valence-electron chi connectivity index (χ0n) is 14.4. The summed E-state index contributed by atoms with van der Waals surface area (Å²) in [7, 11) is 0. The lowest BCUT2D eigenvalue weighted by atomic mass is 9.97. The van der Waals surface area contributed by atoms with Gasteiger partial charge in [-0.1, -0.05) is 6.07 Å². The van der Waals surface area contributed by atoms with Gasteiger partial charge in [-0.05, 0) is 37.6 Å². The van der Waals surface area contributed by atoms with Crippen molar-refractivity contribution in [3.63, 3.8) is 0 Å². The van der Waals surface area contributed by atoms with Crippen molar-refractivity contribution in [1.29, 1.82) is 0 Å². The van der Waals surface area contributed by atoms with Crippen molar-refractivity contribution in [2.45, 2.75) is 19.4 Å². The first-order valence-electron chi connectivity index (χ1n) is 8.59. The SMILES string of the molecule is NC(=O)CN1CCC[C@@H](C(=O)NCc2cnn(-c3cccc(F)c3)c2)C1. The number of benzene rings is 1. The van der Waals surface area contributed by atoms with Gasteiger partial charge >= 0.3 is 0 Å². The molecule has 1 fully saturated rings. The largest absolute Gasteiger partial charge is 0.369 e. The summed E-state index contributed by atoms with van der Waals surface area (Å²) in [6.07, 6.45) is 5.06. The molecule has 2 aromatic rings. The number of carbonyl (C=O) groups excluding carboxylic acids is 2. The van der Waals surface area contributed by atoms with E-state index in [9.17, 15) is 14.0 Å². The van der Waals surface area contributed by atoms with Gasteiger partial charge in [0.1, 0.15) is 5.82 Å². The summed E-state index contributed by atoms with van der Waals surface area (Å²) in [6.45, 7) is 1.86. The summed E-state index contributed by atoms with van der Waals surface area (Å²) in [5, 5.41) is 7.11. The zero-order valence-corrected chi connectivity index (χ0v) is 14.4. The average molecular weight is 359 g/mol. The molecule has 1 saturated heterocycles. The van der Waals surface area contributed by atoms with Crippen molar-refractivity contribution in [3.05, 3.63) is 48.0 Å². The number of hydrogen-bond acceptors (Lipinski definition) is 4. The van der Waals surface area contributed by atoms with Crippen LogP contribution in [0.1, 0.15) is 18.4 Å². The van der Waals surface area contributed by atoms with Crippen LogP contribution in [0.25, 0.3) is 5.69 Å². The maximum Gasteiger partial charge on any atom is 0.231 e. The van der Waals surface area contributed by atoms with E-state index in [4.69, 9.17) is 5.73 Å². The fraction of sp³-hybridized carbons (Fsp3) is 0.389. The molecular weight excluding hydrogens is 337 g/mol. The van der Waals surface area contributed by atoms with E-state index < -0.39 is 0 Å². The van der Waals surface area contributed by atoms with Crippen molar-refractivity contribution >= 4 is 11.8 Å². The summed E-state index contributed by atoms with van der Waals surface area (Å²) in [4.78, 5) is 25.4. The van der Waals surface area contributed by atoms with Gasteiger partial charge in [-0.25, -0.2) is 9.07 Å². The Bertz CT molecular complexity index is 791. The van der Waals surface area contributed by atoms with E-state index in [0.29, 0.717) is 18.8 Å². The van der Waals surface area contributed by atoms with Gasteiger partial charge in [0.15, 0.2) is 0 Å². The minimum absolute atomic E-state index is 0.0438. The van der Waals surface area contributed by atoms with Gasteiger partial charge in [-0.15, -0.1) is 0 Å². The molecule has 1 aromatic heterocycles. The highest BCUT2D eigenvalue weighted by molar-refractivity contribution is 5.79. The Kier molecular flexibility index (Phi) is 5.62. The molecule has 0 spiro atoms. The number of nitrogens with two attached hydrogens (primary N) is 1. The van der Waals surface area contributed by atoms with Gasteiger partial charge in [0.2, 0.25) is 11.8 Å². The van der Waals surface area contributed by atoms with E-state index in [1.165, 1.54) is 12.1 Å². The Balaban J connectivity index is 1.54. The van der Waals surface area contributed by atoms with Crippen LogP contribution >= 0.6 is 0 Å². The number of amides is 2. The summed E-state index contributed by atoms with van der Waals surface area (Å²) in [6, 6.07) is 6.15. The molecule has 0 radical (unpaired) electrons. The Labute approximate surface area is 151 Å². The molecular formula is C18H22FN5O2. The Morgan fingerprint density at radius 3 is 3.00 bits per heavy atom. The topological polar surface area (TPSA) is 93.2 Å². The van der Waals surface area contributed by atoms with Crippen LogP contribution in [0.4, 0.5) is 4.39 Å². The second-order valence-electron chi connectivity index (χ2n) is 6.53. The number of piperidine rings is 1. The number of nitrogens with zero attached hydrogens (tertiary/aromatic N) is 3. The molecule has 8 heteroatoms. The number of halogens is 1. The van der Waals surface area contributed by atoms with Crippen LogP contribution in [0.5, 0.6) is 0 Å². The molecule has 1 aromatic carbocycles. The standard InChI is InChI=1S/C18H22FN5O2/c19-15-4-1-5-16(7-15)24-10-13(9-22-24)8-21-18(26)14-3-2-6-23(11-14)12-17(20)25/h1,4-5,7,9-10,14H,2-3,6,8,11-12H2,(H2,20,25)(H,21,26)/t14-/m1/s1. The van der Waals surface area contributed by atoms with Crippen LogP contribution in [0.3, 0.4) is 0 Å². The van der Waals surface area contributed by atoms with E-state index in [1.807, 2.05) is 4.90 Å². The predicted octanol–water partition coefficient (Wildman–Crippen LogP) is 0.825. The summed E-state index contributed by atoms with van der Waals surface area (Å²) in [5.74, 6) is -0.902. The highest BCUT2D eigenvalue weighted by Crippen LogP contribution is 2.16. The Morgan fingerprint density at radius 1 is 1.38 bits per heavy atom. The number of nitrogens with one attached hydrogen (secondary N) is 1. The molecule has 7 nitrogen and oxygen atoms in total. The summed E-state index contributed by atoms with van der Waals surface area (Å²) in [5.41, 5.74) is 6.67. The third kappa shape index (κ3) is 4.66. The van der Waals surface area contributed by atoms with Crippen LogP contribution in [0, 0.1) is 11.7 Å². The third-order valence-electron chi connectivity index (χ3n) is 4.43. The maximum absolute atomic E-state index is 13.3. The Morgan fingerprint density at radius 2 is 2.23 bits per heavy atom. The van der Waals surface area contributed by atoms with Crippen molar-refractivity contribution in [1.82, 2.24) is 20.0 Å². The summed E-state index contributed by atoms with van der Waals surface area (Å²) < 4.78 is 14.9. The lowest BCUT2D eigenvalue weighted by Gasteiger charge is -2.30. The van der Waals surface area contributed by atoms with Crippen LogP contribution < -0.4 is 11.1 Å². The molecule has 138 valence electrons.